The van der Waals surface area contributed by atoms with Gasteiger partial charge in [-0.05, 0) is 38.5 Å². The minimum atomic E-state index is -1.01. The molecule has 1 amide bonds. The molecule has 0 aliphatic carbocycles. The lowest BCUT2D eigenvalue weighted by molar-refractivity contribution is 0.0366. The van der Waals surface area contributed by atoms with Gasteiger partial charge in [-0.15, -0.1) is 0 Å². The molecule has 2 rings (SSSR count). The zero-order valence-corrected chi connectivity index (χ0v) is 14.6. The molecule has 0 atom stereocenters. The van der Waals surface area contributed by atoms with E-state index in [-0.39, 0.29) is 23.6 Å². The fraction of sp³-hybridized carbons (Fsp3) is 0.368. The van der Waals surface area contributed by atoms with Crippen LogP contribution in [0.15, 0.2) is 47.4 Å². The van der Waals surface area contributed by atoms with Crippen molar-refractivity contribution in [2.75, 3.05) is 13.6 Å². The molecule has 0 saturated carbocycles. The van der Waals surface area contributed by atoms with E-state index >= 15 is 0 Å². The molecule has 1 heterocycles. The summed E-state index contributed by atoms with van der Waals surface area (Å²) in [4.78, 5) is 26.5. The number of aromatic nitrogens is 1. The SMILES string of the molecule is Cc1cccc(Cn2cccc(C(=O)N(C)CC(C)(C)O)c2=O)c1. The highest BCUT2D eigenvalue weighted by atomic mass is 16.3. The third kappa shape index (κ3) is 4.55. The molecule has 0 fully saturated rings. The first kappa shape index (κ1) is 17.9. The fourth-order valence-electron chi connectivity index (χ4n) is 2.69. The summed E-state index contributed by atoms with van der Waals surface area (Å²) in [5.41, 5.74) is 0.896. The van der Waals surface area contributed by atoms with Crippen molar-refractivity contribution in [3.63, 3.8) is 0 Å². The number of amides is 1. The van der Waals surface area contributed by atoms with Gasteiger partial charge in [-0.25, -0.2) is 0 Å². The van der Waals surface area contributed by atoms with E-state index in [1.165, 1.54) is 15.5 Å². The first-order chi connectivity index (χ1) is 11.2. The van der Waals surface area contributed by atoms with E-state index in [1.807, 2.05) is 31.2 Å². The van der Waals surface area contributed by atoms with E-state index in [0.717, 1.165) is 11.1 Å². The summed E-state index contributed by atoms with van der Waals surface area (Å²) in [5, 5.41) is 9.85. The average molecular weight is 328 g/mol. The third-order valence-electron chi connectivity index (χ3n) is 3.66. The number of nitrogens with zero attached hydrogens (tertiary/aromatic N) is 2. The highest BCUT2D eigenvalue weighted by Gasteiger charge is 2.22. The number of rotatable bonds is 5. The summed E-state index contributed by atoms with van der Waals surface area (Å²) in [5.74, 6) is -0.388. The molecule has 5 nitrogen and oxygen atoms in total. The van der Waals surface area contributed by atoms with Crippen molar-refractivity contribution in [3.8, 4) is 0 Å². The number of carbonyl (C=O) groups excluding carboxylic acids is 1. The summed E-state index contributed by atoms with van der Waals surface area (Å²) in [6, 6.07) is 11.1. The molecule has 0 aliphatic rings. The predicted molar refractivity (Wildman–Crippen MR) is 94.2 cm³/mol. The van der Waals surface area contributed by atoms with E-state index in [2.05, 4.69) is 0 Å². The van der Waals surface area contributed by atoms with E-state index in [1.54, 1.807) is 33.2 Å². The van der Waals surface area contributed by atoms with Gasteiger partial charge in [0, 0.05) is 19.8 Å². The molecule has 0 aliphatic heterocycles. The Morgan fingerprint density at radius 1 is 1.25 bits per heavy atom. The minimum absolute atomic E-state index is 0.108. The van der Waals surface area contributed by atoms with Gasteiger partial charge in [0.15, 0.2) is 0 Å². The van der Waals surface area contributed by atoms with Gasteiger partial charge in [-0.2, -0.15) is 0 Å². The second-order valence-electron chi connectivity index (χ2n) is 6.82. The van der Waals surface area contributed by atoms with Gasteiger partial charge in [0.2, 0.25) is 0 Å². The molecule has 128 valence electrons. The number of likely N-dealkylation sites (N-methyl/N-ethyl adjacent to an activating group) is 1. The summed E-state index contributed by atoms with van der Waals surface area (Å²) >= 11 is 0. The molecule has 24 heavy (non-hydrogen) atoms. The molecule has 0 saturated heterocycles. The van der Waals surface area contributed by atoms with Crippen molar-refractivity contribution >= 4 is 5.91 Å². The number of aryl methyl sites for hydroxylation is 1. The number of pyridine rings is 1. The lowest BCUT2D eigenvalue weighted by Gasteiger charge is -2.25. The topological polar surface area (TPSA) is 62.5 Å². The van der Waals surface area contributed by atoms with Crippen molar-refractivity contribution in [3.05, 3.63) is 69.6 Å². The Kier molecular flexibility index (Phi) is 5.24. The number of hydrogen-bond acceptors (Lipinski definition) is 3. The number of carbonyl (C=O) groups is 1. The van der Waals surface area contributed by atoms with Crippen LogP contribution in [0, 0.1) is 6.92 Å². The van der Waals surface area contributed by atoms with Gasteiger partial charge >= 0.3 is 0 Å². The Hall–Kier alpha value is -2.40. The molecule has 1 aromatic heterocycles. The van der Waals surface area contributed by atoms with Crippen molar-refractivity contribution < 1.29 is 9.90 Å². The van der Waals surface area contributed by atoms with Gasteiger partial charge < -0.3 is 14.6 Å². The second-order valence-corrected chi connectivity index (χ2v) is 6.82. The molecule has 1 aromatic carbocycles. The molecule has 5 heteroatoms. The third-order valence-corrected chi connectivity index (χ3v) is 3.66. The van der Waals surface area contributed by atoms with Crippen LogP contribution >= 0.6 is 0 Å². The molecule has 0 spiro atoms. The highest BCUT2D eigenvalue weighted by molar-refractivity contribution is 5.93. The summed E-state index contributed by atoms with van der Waals surface area (Å²) in [6.07, 6.45) is 1.68. The molecule has 2 aromatic rings. The van der Waals surface area contributed by atoms with Gasteiger partial charge in [-0.1, -0.05) is 29.8 Å². The monoisotopic (exact) mass is 328 g/mol. The summed E-state index contributed by atoms with van der Waals surface area (Å²) < 4.78 is 1.53. The van der Waals surface area contributed by atoms with Crippen LogP contribution in [0.5, 0.6) is 0 Å². The Bertz CT molecular complexity index is 788. The van der Waals surface area contributed by atoms with E-state index < -0.39 is 5.60 Å². The van der Waals surface area contributed by atoms with Crippen LogP contribution < -0.4 is 5.56 Å². The lowest BCUT2D eigenvalue weighted by Crippen LogP contribution is -2.42. The molecule has 0 radical (unpaired) electrons. The molecular formula is C19H24N2O3. The highest BCUT2D eigenvalue weighted by Crippen LogP contribution is 2.08. The van der Waals surface area contributed by atoms with Crippen LogP contribution in [-0.4, -0.2) is 39.7 Å². The van der Waals surface area contributed by atoms with Gasteiger partial charge in [0.25, 0.3) is 11.5 Å². The average Bonchev–Trinajstić information content (AvgIpc) is 2.47. The summed E-state index contributed by atoms with van der Waals surface area (Å²) in [7, 11) is 1.58. The number of aliphatic hydroxyl groups is 1. The standard InChI is InChI=1S/C19H24N2O3/c1-14-7-5-8-15(11-14)12-21-10-6-9-16(18(21)23)17(22)20(4)13-19(2,3)24/h5-11,24H,12-13H2,1-4H3. The Morgan fingerprint density at radius 2 is 1.96 bits per heavy atom. The van der Waals surface area contributed by atoms with Crippen molar-refractivity contribution in [2.24, 2.45) is 0 Å². The van der Waals surface area contributed by atoms with Crippen LogP contribution in [0.3, 0.4) is 0 Å². The largest absolute Gasteiger partial charge is 0.389 e. The zero-order valence-electron chi connectivity index (χ0n) is 14.6. The van der Waals surface area contributed by atoms with Crippen molar-refractivity contribution in [1.82, 2.24) is 9.47 Å². The normalized spacial score (nSPS) is 11.4. The van der Waals surface area contributed by atoms with Crippen LogP contribution in [0.4, 0.5) is 0 Å². The molecule has 0 unspecified atom stereocenters. The maximum atomic E-state index is 12.6. The van der Waals surface area contributed by atoms with Gasteiger partial charge in [0.1, 0.15) is 5.56 Å². The quantitative estimate of drug-likeness (QED) is 0.914. The number of hydrogen-bond donors (Lipinski definition) is 1. The van der Waals surface area contributed by atoms with Crippen LogP contribution in [0.2, 0.25) is 0 Å². The van der Waals surface area contributed by atoms with Crippen molar-refractivity contribution in [2.45, 2.75) is 32.9 Å². The zero-order chi connectivity index (χ0) is 17.9. The van der Waals surface area contributed by atoms with Gasteiger partial charge in [-0.3, -0.25) is 9.59 Å². The minimum Gasteiger partial charge on any atom is -0.389 e. The molecule has 1 N–H and O–H groups in total. The van der Waals surface area contributed by atoms with Crippen molar-refractivity contribution in [1.29, 1.82) is 0 Å². The van der Waals surface area contributed by atoms with E-state index in [9.17, 15) is 14.7 Å². The van der Waals surface area contributed by atoms with E-state index in [4.69, 9.17) is 0 Å². The number of benzene rings is 1. The smallest absolute Gasteiger partial charge is 0.263 e. The maximum Gasteiger partial charge on any atom is 0.263 e. The Labute approximate surface area is 142 Å². The molecule has 0 bridgehead atoms. The second kappa shape index (κ2) is 7.01. The van der Waals surface area contributed by atoms with Crippen LogP contribution in [0.25, 0.3) is 0 Å². The Balaban J connectivity index is 2.27. The van der Waals surface area contributed by atoms with Gasteiger partial charge in [0.05, 0.1) is 12.1 Å². The fourth-order valence-corrected chi connectivity index (χ4v) is 2.69. The first-order valence-corrected chi connectivity index (χ1v) is 7.90. The predicted octanol–water partition coefficient (Wildman–Crippen LogP) is 2.05. The summed E-state index contributed by atoms with van der Waals surface area (Å²) in [6.45, 7) is 5.81. The van der Waals surface area contributed by atoms with Crippen LogP contribution in [0.1, 0.15) is 35.3 Å². The first-order valence-electron chi connectivity index (χ1n) is 7.90. The molecular weight excluding hydrogens is 304 g/mol. The van der Waals surface area contributed by atoms with Crippen LogP contribution in [-0.2, 0) is 6.54 Å². The lowest BCUT2D eigenvalue weighted by atomic mass is 10.1. The maximum absolute atomic E-state index is 12.6. The van der Waals surface area contributed by atoms with E-state index in [0.29, 0.717) is 6.54 Å². The Morgan fingerprint density at radius 3 is 2.58 bits per heavy atom.